The van der Waals surface area contributed by atoms with Crippen LogP contribution in [0, 0.1) is 11.8 Å². The molecular formula is C45H58F2N8O6. The van der Waals surface area contributed by atoms with Crippen LogP contribution in [0.3, 0.4) is 0 Å². The van der Waals surface area contributed by atoms with E-state index in [4.69, 9.17) is 14.5 Å². The number of aliphatic hydroxyl groups is 2. The number of methoxy groups -OCH3 is 2. The molecule has 4 heterocycles. The number of amides is 2. The molecule has 2 saturated heterocycles. The average Bonchev–Trinajstić information content (AvgIpc) is 4.12. The SMILES string of the molecule is COC(=O)NC(C(=O)N1CC(F)CC1c1ncc(-c2ccc(-c3ccc(-c4cnc(C5CC(F)CN5C(O)C(NC(O)OC)C(C)C)[nH]4)cc3)c3c2C2CCC3C2)[nH]1)C(C)C. The fourth-order valence-electron chi connectivity index (χ4n) is 10.2. The molecule has 2 bridgehead atoms. The van der Waals surface area contributed by atoms with Crippen molar-refractivity contribution in [3.05, 3.63) is 71.6 Å². The van der Waals surface area contributed by atoms with E-state index >= 15 is 4.39 Å². The Hall–Kier alpha value is -4.74. The maximum absolute atomic E-state index is 15.0. The minimum atomic E-state index is -1.27. The quantitative estimate of drug-likeness (QED) is 0.0775. The molecule has 10 unspecified atom stereocenters. The predicted molar refractivity (Wildman–Crippen MR) is 224 cm³/mol. The zero-order valence-electron chi connectivity index (χ0n) is 35.6. The molecule has 328 valence electrons. The summed E-state index contributed by atoms with van der Waals surface area (Å²) >= 11 is 0. The molecule has 14 nitrogen and oxygen atoms in total. The summed E-state index contributed by atoms with van der Waals surface area (Å²) in [5, 5.41) is 27.0. The molecule has 16 heteroatoms. The summed E-state index contributed by atoms with van der Waals surface area (Å²) in [5.74, 6) is 1.23. The van der Waals surface area contributed by atoms with Gasteiger partial charge < -0.3 is 39.9 Å². The third-order valence-electron chi connectivity index (χ3n) is 13.3. The number of hydrogen-bond donors (Lipinski definition) is 6. The van der Waals surface area contributed by atoms with Crippen LogP contribution in [0.1, 0.15) is 106 Å². The Morgan fingerprint density at radius 1 is 0.787 bits per heavy atom. The van der Waals surface area contributed by atoms with E-state index in [0.29, 0.717) is 23.5 Å². The van der Waals surface area contributed by atoms with E-state index in [1.54, 1.807) is 17.3 Å². The lowest BCUT2D eigenvalue weighted by molar-refractivity contribution is -0.135. The highest BCUT2D eigenvalue weighted by molar-refractivity contribution is 5.86. The highest BCUT2D eigenvalue weighted by Gasteiger charge is 2.45. The van der Waals surface area contributed by atoms with Crippen molar-refractivity contribution in [2.75, 3.05) is 27.3 Å². The van der Waals surface area contributed by atoms with E-state index in [0.717, 1.165) is 47.3 Å². The van der Waals surface area contributed by atoms with Crippen LogP contribution in [0.4, 0.5) is 13.6 Å². The van der Waals surface area contributed by atoms with Gasteiger partial charge in [0.05, 0.1) is 55.6 Å². The maximum atomic E-state index is 15.0. The summed E-state index contributed by atoms with van der Waals surface area (Å²) < 4.78 is 39.7. The molecule has 2 aliphatic heterocycles. The van der Waals surface area contributed by atoms with Crippen LogP contribution in [0.5, 0.6) is 0 Å². The Bertz CT molecular complexity index is 2200. The summed E-state index contributed by atoms with van der Waals surface area (Å²) in [6.07, 6.45) is 1.67. The summed E-state index contributed by atoms with van der Waals surface area (Å²) in [6, 6.07) is 10.1. The number of rotatable bonds is 14. The van der Waals surface area contributed by atoms with Crippen LogP contribution in [-0.4, -0.2) is 116 Å². The molecule has 0 radical (unpaired) electrons. The average molecular weight is 845 g/mol. The molecule has 4 aromatic rings. The van der Waals surface area contributed by atoms with Crippen molar-refractivity contribution >= 4 is 12.0 Å². The molecule has 61 heavy (non-hydrogen) atoms. The van der Waals surface area contributed by atoms with Gasteiger partial charge >= 0.3 is 6.09 Å². The number of likely N-dealkylation sites (tertiary alicyclic amines) is 2. The lowest BCUT2D eigenvalue weighted by Crippen LogP contribution is -2.55. The van der Waals surface area contributed by atoms with Gasteiger partial charge in [0, 0.05) is 32.1 Å². The Morgan fingerprint density at radius 2 is 1.38 bits per heavy atom. The number of ether oxygens (including phenoxy) is 2. The van der Waals surface area contributed by atoms with Gasteiger partial charge in [-0.25, -0.2) is 23.5 Å². The van der Waals surface area contributed by atoms with E-state index < -0.39 is 55.2 Å². The van der Waals surface area contributed by atoms with Crippen LogP contribution in [0.25, 0.3) is 33.6 Å². The number of hydrogen-bond acceptors (Lipinski definition) is 10. The highest BCUT2D eigenvalue weighted by Crippen LogP contribution is 2.58. The molecule has 10 atom stereocenters. The molecule has 8 rings (SSSR count). The third kappa shape index (κ3) is 8.32. The minimum Gasteiger partial charge on any atom is -0.453 e. The zero-order chi connectivity index (χ0) is 43.3. The monoisotopic (exact) mass is 844 g/mol. The van der Waals surface area contributed by atoms with Gasteiger partial charge in [0.2, 0.25) is 12.3 Å². The number of carbonyl (C=O) groups is 2. The topological polar surface area (TPSA) is 181 Å². The number of aliphatic hydroxyl groups excluding tert-OH is 2. The fraction of sp³-hybridized carbons (Fsp3) is 0.556. The van der Waals surface area contributed by atoms with Crippen LogP contribution >= 0.6 is 0 Å². The van der Waals surface area contributed by atoms with E-state index in [2.05, 4.69) is 62.0 Å². The van der Waals surface area contributed by atoms with Crippen molar-refractivity contribution in [1.82, 2.24) is 40.4 Å². The van der Waals surface area contributed by atoms with E-state index in [-0.39, 0.29) is 43.7 Å². The molecule has 2 amide bonds. The van der Waals surface area contributed by atoms with Crippen molar-refractivity contribution in [2.24, 2.45) is 11.8 Å². The van der Waals surface area contributed by atoms with Crippen molar-refractivity contribution in [3.8, 4) is 33.6 Å². The largest absolute Gasteiger partial charge is 0.453 e. The molecule has 1 saturated carbocycles. The number of H-pyrrole nitrogens is 2. The highest BCUT2D eigenvalue weighted by atomic mass is 19.1. The van der Waals surface area contributed by atoms with Crippen LogP contribution in [0.2, 0.25) is 0 Å². The summed E-state index contributed by atoms with van der Waals surface area (Å²) in [5.41, 5.74) is 8.54. The first-order valence-corrected chi connectivity index (χ1v) is 21.5. The molecule has 2 aliphatic carbocycles. The second-order valence-electron chi connectivity index (χ2n) is 17.8. The molecule has 3 fully saturated rings. The number of fused-ring (bicyclic) bond motifs is 5. The van der Waals surface area contributed by atoms with Crippen LogP contribution < -0.4 is 10.6 Å². The number of nitrogens with zero attached hydrogens (tertiary/aromatic N) is 4. The van der Waals surface area contributed by atoms with E-state index in [1.165, 1.54) is 35.8 Å². The standard InChI is InChI=1S/C45H58F2N8O6/c1-22(2)38(52-44(58)60-5)42(56)54-20-28(46)16-34(54)40-48-18-32(50-40)25-9-7-24(8-10-25)30-13-14-31(37-27-12-11-26(15-27)36(30)37)33-19-49-41(51-33)35-17-29(47)21-55(35)43(57)39(23(3)4)53-45(59)61-6/h7-10,13-14,18-19,22-23,26-29,34-35,38-39,42,44,52,56,58H,11-12,15-17,20-21H2,1-6H3,(H,48,50)(H,49,51)(H,53,59). The maximum Gasteiger partial charge on any atom is 0.407 e. The Balaban J connectivity index is 1.02. The van der Waals surface area contributed by atoms with Gasteiger partial charge in [-0.15, -0.1) is 0 Å². The first-order chi connectivity index (χ1) is 29.3. The molecule has 6 N–H and O–H groups in total. The van der Waals surface area contributed by atoms with Gasteiger partial charge in [0.25, 0.3) is 0 Å². The Labute approximate surface area is 354 Å². The van der Waals surface area contributed by atoms with E-state index in [9.17, 15) is 24.2 Å². The number of imidazole rings is 2. The lowest BCUT2D eigenvalue weighted by atomic mass is 9.82. The number of carbonyl (C=O) groups excluding carboxylic acids is 2. The van der Waals surface area contributed by atoms with Crippen LogP contribution in [-0.2, 0) is 14.3 Å². The molecule has 2 aromatic heterocycles. The number of nitrogens with one attached hydrogen (secondary N) is 4. The number of aromatic nitrogens is 4. The molecule has 0 spiro atoms. The Kier molecular flexibility index (Phi) is 12.4. The van der Waals surface area contributed by atoms with Crippen molar-refractivity contribution in [2.45, 2.75) is 121 Å². The van der Waals surface area contributed by atoms with Crippen molar-refractivity contribution in [3.63, 3.8) is 0 Å². The minimum absolute atomic E-state index is 0.0349. The summed E-state index contributed by atoms with van der Waals surface area (Å²) in [4.78, 5) is 45.2. The smallest absolute Gasteiger partial charge is 0.407 e. The van der Waals surface area contributed by atoms with Gasteiger partial charge in [-0.2, -0.15) is 0 Å². The van der Waals surface area contributed by atoms with Gasteiger partial charge in [0.15, 0.2) is 0 Å². The van der Waals surface area contributed by atoms with E-state index in [1.807, 2.05) is 27.7 Å². The van der Waals surface area contributed by atoms with Crippen LogP contribution in [0.15, 0.2) is 48.8 Å². The molecular weight excluding hydrogens is 787 g/mol. The van der Waals surface area contributed by atoms with Gasteiger partial charge in [-0.05, 0) is 70.8 Å². The second kappa shape index (κ2) is 17.6. The van der Waals surface area contributed by atoms with Crippen molar-refractivity contribution < 1.29 is 38.1 Å². The van der Waals surface area contributed by atoms with Gasteiger partial charge in [-0.1, -0.05) is 64.1 Å². The number of aromatic amines is 2. The van der Waals surface area contributed by atoms with Crippen molar-refractivity contribution in [1.29, 1.82) is 0 Å². The summed E-state index contributed by atoms with van der Waals surface area (Å²) in [6.45, 7) is 7.43. The number of halogens is 2. The summed E-state index contributed by atoms with van der Waals surface area (Å²) in [7, 11) is 2.60. The number of alkyl halides is 2. The number of alkyl carbamates (subject to hydrolysis) is 1. The zero-order valence-corrected chi connectivity index (χ0v) is 35.6. The fourth-order valence-corrected chi connectivity index (χ4v) is 10.2. The lowest BCUT2D eigenvalue weighted by Gasteiger charge is -2.36. The number of benzene rings is 2. The van der Waals surface area contributed by atoms with Gasteiger partial charge in [0.1, 0.15) is 36.3 Å². The third-order valence-corrected chi connectivity index (χ3v) is 13.3. The normalized spacial score (nSPS) is 25.6. The predicted octanol–water partition coefficient (Wildman–Crippen LogP) is 6.43. The second-order valence-corrected chi connectivity index (χ2v) is 17.8. The molecule has 4 aliphatic rings. The molecule has 2 aromatic carbocycles. The van der Waals surface area contributed by atoms with Gasteiger partial charge in [-0.3, -0.25) is 15.0 Å². The first kappa shape index (κ1) is 42.9. The first-order valence-electron chi connectivity index (χ1n) is 21.5. The Morgan fingerprint density at radius 3 is 2.03 bits per heavy atom.